The molecule has 0 fully saturated rings. The van der Waals surface area contributed by atoms with Gasteiger partial charge in [0.25, 0.3) is 5.91 Å². The fraction of sp³-hybridized carbons (Fsp3) is 0.200. The monoisotopic (exact) mass is 403 g/mol. The van der Waals surface area contributed by atoms with Crippen molar-refractivity contribution in [2.24, 2.45) is 0 Å². The molecule has 3 aromatic carbocycles. The lowest BCUT2D eigenvalue weighted by Crippen LogP contribution is -2.38. The summed E-state index contributed by atoms with van der Waals surface area (Å²) in [4.78, 5) is 26.2. The maximum atomic E-state index is 12.5. The third-order valence-electron chi connectivity index (χ3n) is 4.69. The van der Waals surface area contributed by atoms with Gasteiger partial charge in [-0.2, -0.15) is 0 Å². The number of hydrogen-bond donors (Lipinski definition) is 0. The van der Waals surface area contributed by atoms with E-state index in [9.17, 15) is 9.59 Å². The summed E-state index contributed by atoms with van der Waals surface area (Å²) in [7, 11) is 1.65. The Morgan fingerprint density at radius 1 is 0.867 bits per heavy atom. The highest BCUT2D eigenvalue weighted by atomic mass is 16.6. The number of carbonyl (C=O) groups is 2. The van der Waals surface area contributed by atoms with Gasteiger partial charge < -0.3 is 14.4 Å². The zero-order valence-electron chi connectivity index (χ0n) is 17.2. The Bertz CT molecular complexity index is 973. The van der Waals surface area contributed by atoms with Crippen molar-refractivity contribution in [1.82, 2.24) is 0 Å². The molecule has 5 heteroatoms. The van der Waals surface area contributed by atoms with E-state index in [0.29, 0.717) is 12.2 Å². The summed E-state index contributed by atoms with van der Waals surface area (Å²) < 4.78 is 11.0. The van der Waals surface area contributed by atoms with Crippen LogP contribution in [0.4, 0.5) is 5.69 Å². The van der Waals surface area contributed by atoms with Crippen molar-refractivity contribution >= 4 is 17.6 Å². The fourth-order valence-corrected chi connectivity index (χ4v) is 3.08. The first-order valence-corrected chi connectivity index (χ1v) is 9.81. The second-order valence-electron chi connectivity index (χ2n) is 6.92. The lowest BCUT2D eigenvalue weighted by molar-refractivity contribution is -0.155. The van der Waals surface area contributed by atoms with Crippen LogP contribution < -0.4 is 9.64 Å². The summed E-state index contributed by atoms with van der Waals surface area (Å²) >= 11 is 0. The van der Waals surface area contributed by atoms with Crippen molar-refractivity contribution in [2.45, 2.75) is 19.4 Å². The lowest BCUT2D eigenvalue weighted by Gasteiger charge is -2.21. The Balaban J connectivity index is 1.55. The molecule has 3 aromatic rings. The summed E-state index contributed by atoms with van der Waals surface area (Å²) in [6.07, 6.45) is -0.214. The van der Waals surface area contributed by atoms with Crippen LogP contribution >= 0.6 is 0 Å². The number of hydrogen-bond acceptors (Lipinski definition) is 4. The molecule has 5 nitrogen and oxygen atoms in total. The zero-order valence-corrected chi connectivity index (χ0v) is 17.2. The van der Waals surface area contributed by atoms with Crippen molar-refractivity contribution in [2.75, 3.05) is 18.6 Å². The van der Waals surface area contributed by atoms with Crippen molar-refractivity contribution in [3.05, 3.63) is 96.1 Å². The van der Waals surface area contributed by atoms with Crippen LogP contribution in [0.2, 0.25) is 0 Å². The van der Waals surface area contributed by atoms with E-state index in [1.54, 1.807) is 14.0 Å². The largest absolute Gasteiger partial charge is 0.482 e. The van der Waals surface area contributed by atoms with E-state index in [1.165, 1.54) is 4.90 Å². The number of para-hydroxylation sites is 2. The van der Waals surface area contributed by atoms with Gasteiger partial charge in [0.15, 0.2) is 12.7 Å². The van der Waals surface area contributed by atoms with Gasteiger partial charge in [-0.15, -0.1) is 0 Å². The van der Waals surface area contributed by atoms with Gasteiger partial charge in [-0.05, 0) is 36.2 Å². The van der Waals surface area contributed by atoms with Crippen molar-refractivity contribution in [3.8, 4) is 5.75 Å². The predicted octanol–water partition coefficient (Wildman–Crippen LogP) is 4.25. The Hall–Kier alpha value is -3.60. The number of amides is 1. The molecule has 0 bridgehead atoms. The summed E-state index contributed by atoms with van der Waals surface area (Å²) in [6.45, 7) is 1.29. The first-order chi connectivity index (χ1) is 14.5. The van der Waals surface area contributed by atoms with Gasteiger partial charge in [-0.1, -0.05) is 66.7 Å². The number of rotatable bonds is 8. The molecule has 3 rings (SSSR count). The minimum Gasteiger partial charge on any atom is -0.482 e. The van der Waals surface area contributed by atoms with Crippen LogP contribution in [0.3, 0.4) is 0 Å². The number of nitrogens with zero attached hydrogens (tertiary/aromatic N) is 1. The van der Waals surface area contributed by atoms with E-state index in [-0.39, 0.29) is 12.5 Å². The average molecular weight is 403 g/mol. The summed E-state index contributed by atoms with van der Waals surface area (Å²) in [6, 6.07) is 26.8. The summed E-state index contributed by atoms with van der Waals surface area (Å²) in [5, 5.41) is 0. The maximum absolute atomic E-state index is 12.5. The van der Waals surface area contributed by atoms with Crippen molar-refractivity contribution in [3.63, 3.8) is 0 Å². The highest BCUT2D eigenvalue weighted by molar-refractivity contribution is 5.96. The zero-order chi connectivity index (χ0) is 21.3. The van der Waals surface area contributed by atoms with Crippen molar-refractivity contribution < 1.29 is 19.1 Å². The number of ether oxygens (including phenoxy) is 2. The lowest BCUT2D eigenvalue weighted by atomic mass is 10.0. The molecule has 0 N–H and O–H groups in total. The Labute approximate surface area is 176 Å². The third kappa shape index (κ3) is 5.70. The highest BCUT2D eigenvalue weighted by Gasteiger charge is 2.22. The first-order valence-electron chi connectivity index (χ1n) is 9.81. The molecule has 0 heterocycles. The molecular formula is C25H25NO4. The number of likely N-dealkylation sites (N-methyl/N-ethyl adjacent to an activating group) is 1. The van der Waals surface area contributed by atoms with Crippen LogP contribution in [0.1, 0.15) is 18.1 Å². The normalized spacial score (nSPS) is 11.4. The Kier molecular flexibility index (Phi) is 7.22. The van der Waals surface area contributed by atoms with Crippen LogP contribution in [-0.2, 0) is 20.7 Å². The van der Waals surface area contributed by atoms with Crippen LogP contribution in [0.25, 0.3) is 0 Å². The number of carbonyl (C=O) groups excluding carboxylic acids is 2. The van der Waals surface area contributed by atoms with Crippen LogP contribution in [0.5, 0.6) is 5.75 Å². The van der Waals surface area contributed by atoms with E-state index >= 15 is 0 Å². The van der Waals surface area contributed by atoms with E-state index in [0.717, 1.165) is 16.8 Å². The highest BCUT2D eigenvalue weighted by Crippen LogP contribution is 2.21. The van der Waals surface area contributed by atoms with Crippen molar-refractivity contribution in [1.29, 1.82) is 0 Å². The topological polar surface area (TPSA) is 55.8 Å². The quantitative estimate of drug-likeness (QED) is 0.528. The van der Waals surface area contributed by atoms with Crippen LogP contribution in [-0.4, -0.2) is 31.6 Å². The minimum absolute atomic E-state index is 0.265. The first kappa shape index (κ1) is 21.1. The molecule has 0 unspecified atom stereocenters. The van der Waals surface area contributed by atoms with E-state index in [1.807, 2.05) is 84.9 Å². The fourth-order valence-electron chi connectivity index (χ4n) is 3.08. The van der Waals surface area contributed by atoms with E-state index < -0.39 is 12.1 Å². The molecule has 0 radical (unpaired) electrons. The molecule has 0 aromatic heterocycles. The third-order valence-corrected chi connectivity index (χ3v) is 4.69. The molecule has 0 saturated heterocycles. The van der Waals surface area contributed by atoms with Crippen LogP contribution in [0.15, 0.2) is 84.9 Å². The molecular weight excluding hydrogens is 378 g/mol. The maximum Gasteiger partial charge on any atom is 0.344 e. The smallest absolute Gasteiger partial charge is 0.344 e. The van der Waals surface area contributed by atoms with Gasteiger partial charge in [0.2, 0.25) is 0 Å². The van der Waals surface area contributed by atoms with Crippen LogP contribution in [0, 0.1) is 0 Å². The number of esters is 1. The standard InChI is InChI=1S/C25H25NO4/c1-19(25(28)26(2)22-14-7-4-8-15-22)30-24(27)18-29-23-16-10-9-13-21(23)17-20-11-5-3-6-12-20/h3-16,19H,17-18H2,1-2H3/t19-/m1/s1. The predicted molar refractivity (Wildman–Crippen MR) is 117 cm³/mol. The number of benzene rings is 3. The summed E-state index contributed by atoms with van der Waals surface area (Å²) in [5.74, 6) is -0.274. The molecule has 0 aliphatic heterocycles. The molecule has 0 aliphatic carbocycles. The SMILES string of the molecule is C[C@@H](OC(=O)COc1ccccc1Cc1ccccc1)C(=O)N(C)c1ccccc1. The molecule has 1 atom stereocenters. The number of anilines is 1. The molecule has 0 aliphatic rings. The van der Waals surface area contributed by atoms with Gasteiger partial charge in [0.05, 0.1) is 0 Å². The van der Waals surface area contributed by atoms with Gasteiger partial charge in [0.1, 0.15) is 5.75 Å². The average Bonchev–Trinajstić information content (AvgIpc) is 2.78. The van der Waals surface area contributed by atoms with E-state index in [2.05, 4.69) is 0 Å². The second-order valence-corrected chi connectivity index (χ2v) is 6.92. The molecule has 154 valence electrons. The second kappa shape index (κ2) is 10.3. The summed E-state index contributed by atoms with van der Waals surface area (Å²) in [5.41, 5.74) is 2.86. The molecule has 0 saturated carbocycles. The minimum atomic E-state index is -0.911. The van der Waals surface area contributed by atoms with Gasteiger partial charge >= 0.3 is 5.97 Å². The van der Waals surface area contributed by atoms with Gasteiger partial charge in [-0.25, -0.2) is 4.79 Å². The van der Waals surface area contributed by atoms with E-state index in [4.69, 9.17) is 9.47 Å². The Morgan fingerprint density at radius 3 is 2.17 bits per heavy atom. The molecule has 1 amide bonds. The van der Waals surface area contributed by atoms with Gasteiger partial charge in [0, 0.05) is 19.2 Å². The molecule has 0 spiro atoms. The molecule has 30 heavy (non-hydrogen) atoms. The Morgan fingerprint density at radius 2 is 1.47 bits per heavy atom. The van der Waals surface area contributed by atoms with Gasteiger partial charge in [-0.3, -0.25) is 4.79 Å².